The van der Waals surface area contributed by atoms with Crippen LogP contribution in [0.25, 0.3) is 0 Å². The molecular weight excluding hydrogens is 184 g/mol. The Hall–Kier alpha value is -0.850. The van der Waals surface area contributed by atoms with Gasteiger partial charge in [0.05, 0.1) is 0 Å². The molecule has 0 aromatic carbocycles. The Kier molecular flexibility index (Phi) is 4.80. The Morgan fingerprint density at radius 2 is 2.40 bits per heavy atom. The fourth-order valence-electron chi connectivity index (χ4n) is 2.30. The van der Waals surface area contributed by atoms with Crippen molar-refractivity contribution in [2.24, 2.45) is 11.8 Å². The molecule has 0 spiro atoms. The maximum Gasteiger partial charge on any atom is 0.158 e. The van der Waals surface area contributed by atoms with E-state index in [0.29, 0.717) is 11.7 Å². The van der Waals surface area contributed by atoms with Crippen LogP contribution in [0.15, 0.2) is 24.3 Å². The highest BCUT2D eigenvalue weighted by atomic mass is 16.1. The van der Waals surface area contributed by atoms with Crippen LogP contribution >= 0.6 is 0 Å². The third-order valence-corrected chi connectivity index (χ3v) is 3.36. The van der Waals surface area contributed by atoms with Gasteiger partial charge in [0.25, 0.3) is 0 Å². The number of carbonyl (C=O) groups is 1. The van der Waals surface area contributed by atoms with Gasteiger partial charge in [0.15, 0.2) is 5.78 Å². The highest BCUT2D eigenvalue weighted by Gasteiger charge is 2.25. The zero-order valence-corrected chi connectivity index (χ0v) is 9.96. The number of hydrogen-bond acceptors (Lipinski definition) is 1. The number of rotatable bonds is 5. The van der Waals surface area contributed by atoms with Crippen molar-refractivity contribution in [2.45, 2.75) is 46.0 Å². The van der Waals surface area contributed by atoms with E-state index in [1.54, 1.807) is 0 Å². The van der Waals surface area contributed by atoms with Gasteiger partial charge in [0.1, 0.15) is 0 Å². The minimum Gasteiger partial charge on any atom is -0.295 e. The van der Waals surface area contributed by atoms with E-state index in [2.05, 4.69) is 20.4 Å². The molecule has 2 atom stereocenters. The van der Waals surface area contributed by atoms with Gasteiger partial charge in [0, 0.05) is 5.92 Å². The molecule has 0 aromatic rings. The Bertz CT molecular complexity index is 263. The third kappa shape index (κ3) is 3.65. The van der Waals surface area contributed by atoms with Crippen LogP contribution in [-0.4, -0.2) is 5.78 Å². The van der Waals surface area contributed by atoms with Crippen molar-refractivity contribution in [3.8, 4) is 0 Å². The van der Waals surface area contributed by atoms with Gasteiger partial charge in [-0.25, -0.2) is 0 Å². The summed E-state index contributed by atoms with van der Waals surface area (Å²) in [4.78, 5) is 11.8. The molecule has 0 saturated carbocycles. The first kappa shape index (κ1) is 12.2. The molecule has 1 aliphatic rings. The van der Waals surface area contributed by atoms with Crippen molar-refractivity contribution < 1.29 is 4.79 Å². The van der Waals surface area contributed by atoms with Crippen LogP contribution in [0.2, 0.25) is 0 Å². The number of carbonyl (C=O) groups excluding carboxylic acids is 1. The molecule has 1 nitrogen and oxygen atoms in total. The van der Waals surface area contributed by atoms with Crippen LogP contribution in [0.3, 0.4) is 0 Å². The highest BCUT2D eigenvalue weighted by molar-refractivity contribution is 5.93. The highest BCUT2D eigenvalue weighted by Crippen LogP contribution is 2.29. The van der Waals surface area contributed by atoms with Crippen LogP contribution < -0.4 is 0 Å². The smallest absolute Gasteiger partial charge is 0.158 e. The van der Waals surface area contributed by atoms with Gasteiger partial charge in [-0.3, -0.25) is 4.79 Å². The Balaban J connectivity index is 2.43. The Morgan fingerprint density at radius 1 is 1.67 bits per heavy atom. The molecule has 84 valence electrons. The summed E-state index contributed by atoms with van der Waals surface area (Å²) in [5.74, 6) is 1.16. The third-order valence-electron chi connectivity index (χ3n) is 3.36. The molecule has 0 fully saturated rings. The summed E-state index contributed by atoms with van der Waals surface area (Å²) >= 11 is 0. The largest absolute Gasteiger partial charge is 0.295 e. The lowest BCUT2D eigenvalue weighted by molar-refractivity contribution is -0.120. The summed E-state index contributed by atoms with van der Waals surface area (Å²) in [6, 6.07) is 0. The number of unbranched alkanes of at least 4 members (excludes halogenated alkanes) is 1. The molecule has 0 N–H and O–H groups in total. The number of allylic oxidation sites excluding steroid dienone is 3. The number of ketones is 1. The van der Waals surface area contributed by atoms with Gasteiger partial charge in [-0.15, -0.1) is 6.58 Å². The van der Waals surface area contributed by atoms with Crippen molar-refractivity contribution in [3.05, 3.63) is 24.3 Å². The van der Waals surface area contributed by atoms with Gasteiger partial charge >= 0.3 is 0 Å². The summed E-state index contributed by atoms with van der Waals surface area (Å²) in [6.45, 7) is 7.98. The normalized spacial score (nSPS) is 23.5. The van der Waals surface area contributed by atoms with Crippen molar-refractivity contribution in [1.29, 1.82) is 0 Å². The maximum absolute atomic E-state index is 11.8. The zero-order chi connectivity index (χ0) is 11.3. The van der Waals surface area contributed by atoms with Crippen molar-refractivity contribution in [3.63, 3.8) is 0 Å². The van der Waals surface area contributed by atoms with Crippen LogP contribution in [0.1, 0.15) is 46.0 Å². The molecule has 0 heterocycles. The summed E-state index contributed by atoms with van der Waals surface area (Å²) in [6.07, 6.45) is 9.34. The van der Waals surface area contributed by atoms with Gasteiger partial charge in [-0.2, -0.15) is 0 Å². The predicted molar refractivity (Wildman–Crippen MR) is 64.7 cm³/mol. The first-order chi connectivity index (χ1) is 7.15. The van der Waals surface area contributed by atoms with E-state index in [4.69, 9.17) is 0 Å². The van der Waals surface area contributed by atoms with Crippen LogP contribution in [0, 0.1) is 11.8 Å². The van der Waals surface area contributed by atoms with E-state index in [1.165, 1.54) is 5.57 Å². The van der Waals surface area contributed by atoms with Crippen LogP contribution in [-0.2, 0) is 4.79 Å². The average Bonchev–Trinajstić information content (AvgIpc) is 2.17. The lowest BCUT2D eigenvalue weighted by atomic mass is 9.79. The Morgan fingerprint density at radius 3 is 3.00 bits per heavy atom. The predicted octanol–water partition coefficient (Wildman–Crippen LogP) is 3.90. The molecule has 0 radical (unpaired) electrons. The van der Waals surface area contributed by atoms with Crippen LogP contribution in [0.4, 0.5) is 0 Å². The fourth-order valence-corrected chi connectivity index (χ4v) is 2.30. The molecular formula is C14H22O. The van der Waals surface area contributed by atoms with Crippen molar-refractivity contribution in [1.82, 2.24) is 0 Å². The number of hydrogen-bond donors (Lipinski definition) is 0. The second-order valence-electron chi connectivity index (χ2n) is 4.74. The monoisotopic (exact) mass is 206 g/mol. The first-order valence-corrected chi connectivity index (χ1v) is 5.97. The van der Waals surface area contributed by atoms with Crippen molar-refractivity contribution >= 4 is 5.78 Å². The lowest BCUT2D eigenvalue weighted by Gasteiger charge is -2.25. The minimum atomic E-state index is 0.276. The topological polar surface area (TPSA) is 17.1 Å². The molecule has 0 saturated heterocycles. The van der Waals surface area contributed by atoms with Gasteiger partial charge in [-0.1, -0.05) is 18.6 Å². The summed E-state index contributed by atoms with van der Waals surface area (Å²) in [5.41, 5.74) is 1.24. The molecule has 0 amide bonds. The van der Waals surface area contributed by atoms with Gasteiger partial charge in [-0.05, 0) is 51.0 Å². The summed E-state index contributed by atoms with van der Waals surface area (Å²) < 4.78 is 0. The molecule has 1 aliphatic carbocycles. The maximum atomic E-state index is 11.8. The SMILES string of the molecule is C=CCCCC(C)C1CCC(C)=CC1=O. The van der Waals surface area contributed by atoms with E-state index in [9.17, 15) is 4.79 Å². The quantitative estimate of drug-likeness (QED) is 0.492. The summed E-state index contributed by atoms with van der Waals surface area (Å²) in [5, 5.41) is 0. The zero-order valence-electron chi connectivity index (χ0n) is 9.96. The standard InChI is InChI=1S/C14H22O/c1-4-5-6-7-12(3)13-9-8-11(2)10-14(13)15/h4,10,12-13H,1,5-9H2,2-3H3. The van der Waals surface area contributed by atoms with Crippen molar-refractivity contribution in [2.75, 3.05) is 0 Å². The average molecular weight is 206 g/mol. The molecule has 0 aromatic heterocycles. The molecule has 1 rings (SSSR count). The van der Waals surface area contributed by atoms with Gasteiger partial charge < -0.3 is 0 Å². The van der Waals surface area contributed by atoms with Crippen LogP contribution in [0.5, 0.6) is 0 Å². The second kappa shape index (κ2) is 5.89. The lowest BCUT2D eigenvalue weighted by Crippen LogP contribution is -2.23. The van der Waals surface area contributed by atoms with E-state index >= 15 is 0 Å². The van der Waals surface area contributed by atoms with E-state index < -0.39 is 0 Å². The molecule has 2 unspecified atom stereocenters. The molecule has 15 heavy (non-hydrogen) atoms. The Labute approximate surface area is 93.3 Å². The summed E-state index contributed by atoms with van der Waals surface area (Å²) in [7, 11) is 0. The van der Waals surface area contributed by atoms with E-state index in [-0.39, 0.29) is 5.92 Å². The molecule has 0 aliphatic heterocycles. The first-order valence-electron chi connectivity index (χ1n) is 5.97. The fraction of sp³-hybridized carbons (Fsp3) is 0.643. The van der Waals surface area contributed by atoms with E-state index in [1.807, 2.05) is 12.2 Å². The molecule has 1 heteroatoms. The van der Waals surface area contributed by atoms with E-state index in [0.717, 1.165) is 32.1 Å². The van der Waals surface area contributed by atoms with Gasteiger partial charge in [0.2, 0.25) is 0 Å². The second-order valence-corrected chi connectivity index (χ2v) is 4.74. The minimum absolute atomic E-state index is 0.276. The molecule has 0 bridgehead atoms.